The van der Waals surface area contributed by atoms with Gasteiger partial charge in [-0.1, -0.05) is 37.3 Å². The molecule has 0 aliphatic carbocycles. The molecule has 0 bridgehead atoms. The van der Waals surface area contributed by atoms with Gasteiger partial charge in [0.1, 0.15) is 6.10 Å². The lowest BCUT2D eigenvalue weighted by Crippen LogP contribution is -2.32. The van der Waals surface area contributed by atoms with Crippen LogP contribution in [0, 0.1) is 5.92 Å². The van der Waals surface area contributed by atoms with E-state index in [9.17, 15) is 4.79 Å². The van der Waals surface area contributed by atoms with Crippen molar-refractivity contribution in [3.05, 3.63) is 35.9 Å². The van der Waals surface area contributed by atoms with E-state index in [0.717, 1.165) is 5.56 Å². The van der Waals surface area contributed by atoms with Crippen LogP contribution in [0.15, 0.2) is 30.3 Å². The van der Waals surface area contributed by atoms with Crippen LogP contribution < -0.4 is 5.73 Å². The van der Waals surface area contributed by atoms with Crippen molar-refractivity contribution in [2.75, 3.05) is 0 Å². The fourth-order valence-electron chi connectivity index (χ4n) is 1.29. The van der Waals surface area contributed by atoms with Crippen LogP contribution in [0.4, 0.5) is 0 Å². The Hall–Kier alpha value is -1.35. The topological polar surface area (TPSA) is 52.3 Å². The molecule has 2 N–H and O–H groups in total. The Morgan fingerprint density at radius 3 is 2.25 bits per heavy atom. The highest BCUT2D eigenvalue weighted by atomic mass is 16.5. The van der Waals surface area contributed by atoms with Crippen LogP contribution in [0.25, 0.3) is 0 Å². The molecule has 1 rings (SSSR count). The van der Waals surface area contributed by atoms with E-state index in [1.165, 1.54) is 0 Å². The second-order valence-electron chi connectivity index (χ2n) is 4.14. The molecule has 1 aromatic rings. The summed E-state index contributed by atoms with van der Waals surface area (Å²) in [5, 5.41) is 0. The van der Waals surface area contributed by atoms with Crippen molar-refractivity contribution in [3.8, 4) is 0 Å². The van der Waals surface area contributed by atoms with E-state index in [2.05, 4.69) is 0 Å². The number of ether oxygens (including phenoxy) is 1. The molecule has 0 spiro atoms. The third-order valence-electron chi connectivity index (χ3n) is 2.72. The fourth-order valence-corrected chi connectivity index (χ4v) is 1.29. The van der Waals surface area contributed by atoms with Crippen molar-refractivity contribution in [1.29, 1.82) is 0 Å². The van der Waals surface area contributed by atoms with Crippen molar-refractivity contribution in [2.24, 2.45) is 11.7 Å². The van der Waals surface area contributed by atoms with Gasteiger partial charge in [-0.25, -0.2) is 0 Å². The number of benzene rings is 1. The minimum Gasteiger partial charge on any atom is -0.458 e. The Bertz CT molecular complexity index is 335. The summed E-state index contributed by atoms with van der Waals surface area (Å²) in [7, 11) is 0. The minimum atomic E-state index is -0.272. The third kappa shape index (κ3) is 3.35. The van der Waals surface area contributed by atoms with Crippen LogP contribution >= 0.6 is 0 Å². The first-order valence-corrected chi connectivity index (χ1v) is 5.53. The zero-order valence-electron chi connectivity index (χ0n) is 10.0. The lowest BCUT2D eigenvalue weighted by atomic mass is 10.1. The molecule has 3 unspecified atom stereocenters. The molecule has 0 saturated carbocycles. The monoisotopic (exact) mass is 221 g/mol. The van der Waals surface area contributed by atoms with Gasteiger partial charge in [-0.15, -0.1) is 0 Å². The molecule has 3 nitrogen and oxygen atoms in total. The molecule has 0 radical (unpaired) electrons. The largest absolute Gasteiger partial charge is 0.458 e. The summed E-state index contributed by atoms with van der Waals surface area (Å²) in [4.78, 5) is 11.7. The SMILES string of the molecule is CC(OC(=O)C(C)C(C)N)c1ccccc1. The number of esters is 1. The highest BCUT2D eigenvalue weighted by molar-refractivity contribution is 5.73. The number of nitrogens with two attached hydrogens (primary N) is 1. The van der Waals surface area contributed by atoms with E-state index < -0.39 is 0 Å². The summed E-state index contributed by atoms with van der Waals surface area (Å²) in [5.41, 5.74) is 6.64. The summed E-state index contributed by atoms with van der Waals surface area (Å²) in [5.74, 6) is -0.516. The zero-order valence-corrected chi connectivity index (χ0v) is 10.0. The van der Waals surface area contributed by atoms with E-state index >= 15 is 0 Å². The van der Waals surface area contributed by atoms with Gasteiger partial charge < -0.3 is 10.5 Å². The zero-order chi connectivity index (χ0) is 12.1. The van der Waals surface area contributed by atoms with Gasteiger partial charge in [0.05, 0.1) is 5.92 Å². The maximum atomic E-state index is 11.7. The third-order valence-corrected chi connectivity index (χ3v) is 2.72. The lowest BCUT2D eigenvalue weighted by molar-refractivity contribution is -0.153. The second kappa shape index (κ2) is 5.66. The number of carbonyl (C=O) groups is 1. The Morgan fingerprint density at radius 2 is 1.75 bits per heavy atom. The Morgan fingerprint density at radius 1 is 1.19 bits per heavy atom. The van der Waals surface area contributed by atoms with Crippen molar-refractivity contribution >= 4 is 5.97 Å². The molecule has 16 heavy (non-hydrogen) atoms. The lowest BCUT2D eigenvalue weighted by Gasteiger charge is -2.19. The second-order valence-corrected chi connectivity index (χ2v) is 4.14. The van der Waals surface area contributed by atoms with Gasteiger partial charge in [0.15, 0.2) is 0 Å². The molecule has 0 aliphatic heterocycles. The van der Waals surface area contributed by atoms with Gasteiger partial charge >= 0.3 is 5.97 Å². The summed E-state index contributed by atoms with van der Waals surface area (Å²) in [6.07, 6.45) is -0.227. The molecule has 0 saturated heterocycles. The van der Waals surface area contributed by atoms with E-state index in [1.54, 1.807) is 13.8 Å². The Kier molecular flexibility index (Phi) is 4.50. The maximum Gasteiger partial charge on any atom is 0.310 e. The van der Waals surface area contributed by atoms with Crippen LogP contribution in [0.2, 0.25) is 0 Å². The molecular formula is C13H19NO2. The molecule has 0 amide bonds. The first-order chi connectivity index (χ1) is 7.52. The first-order valence-electron chi connectivity index (χ1n) is 5.53. The molecule has 0 aliphatic rings. The fraction of sp³-hybridized carbons (Fsp3) is 0.462. The van der Waals surface area contributed by atoms with Crippen LogP contribution in [-0.4, -0.2) is 12.0 Å². The van der Waals surface area contributed by atoms with Crippen molar-refractivity contribution < 1.29 is 9.53 Å². The molecule has 0 fully saturated rings. The predicted octanol–water partition coefficient (Wildman–Crippen LogP) is 2.27. The van der Waals surface area contributed by atoms with Gasteiger partial charge in [0.25, 0.3) is 0 Å². The van der Waals surface area contributed by atoms with E-state index in [1.807, 2.05) is 37.3 Å². The van der Waals surface area contributed by atoms with E-state index in [4.69, 9.17) is 10.5 Å². The van der Waals surface area contributed by atoms with Crippen LogP contribution in [0.3, 0.4) is 0 Å². The van der Waals surface area contributed by atoms with Crippen molar-refractivity contribution in [1.82, 2.24) is 0 Å². The first kappa shape index (κ1) is 12.7. The van der Waals surface area contributed by atoms with Gasteiger partial charge in [-0.05, 0) is 19.4 Å². The number of rotatable bonds is 4. The number of hydrogen-bond acceptors (Lipinski definition) is 3. The average molecular weight is 221 g/mol. The quantitative estimate of drug-likeness (QED) is 0.793. The van der Waals surface area contributed by atoms with Gasteiger partial charge in [0, 0.05) is 6.04 Å². The smallest absolute Gasteiger partial charge is 0.310 e. The molecule has 1 aromatic carbocycles. The normalized spacial score (nSPS) is 16.2. The summed E-state index contributed by atoms with van der Waals surface area (Å²) in [6, 6.07) is 9.48. The minimum absolute atomic E-state index is 0.185. The average Bonchev–Trinajstić information content (AvgIpc) is 2.28. The molecule has 3 atom stereocenters. The van der Waals surface area contributed by atoms with Gasteiger partial charge in [0.2, 0.25) is 0 Å². The Balaban J connectivity index is 2.58. The maximum absolute atomic E-state index is 11.7. The van der Waals surface area contributed by atoms with Crippen molar-refractivity contribution in [3.63, 3.8) is 0 Å². The van der Waals surface area contributed by atoms with Gasteiger partial charge in [-0.3, -0.25) is 4.79 Å². The number of carbonyl (C=O) groups excluding carboxylic acids is 1. The summed E-state index contributed by atoms with van der Waals surface area (Å²) in [6.45, 7) is 5.45. The van der Waals surface area contributed by atoms with Crippen LogP contribution in [0.5, 0.6) is 0 Å². The Labute approximate surface area is 96.6 Å². The van der Waals surface area contributed by atoms with E-state index in [-0.39, 0.29) is 24.0 Å². The highest BCUT2D eigenvalue weighted by Gasteiger charge is 2.21. The van der Waals surface area contributed by atoms with Crippen LogP contribution in [-0.2, 0) is 9.53 Å². The highest BCUT2D eigenvalue weighted by Crippen LogP contribution is 2.18. The number of hydrogen-bond donors (Lipinski definition) is 1. The summed E-state index contributed by atoms with van der Waals surface area (Å²) >= 11 is 0. The molecule has 0 aromatic heterocycles. The predicted molar refractivity (Wildman–Crippen MR) is 63.8 cm³/mol. The molecule has 3 heteroatoms. The van der Waals surface area contributed by atoms with E-state index in [0.29, 0.717) is 0 Å². The molecule has 88 valence electrons. The summed E-state index contributed by atoms with van der Waals surface area (Å²) < 4.78 is 5.34. The molecule has 0 heterocycles. The van der Waals surface area contributed by atoms with Crippen molar-refractivity contribution in [2.45, 2.75) is 32.9 Å². The standard InChI is InChI=1S/C13H19NO2/c1-9(10(2)14)13(15)16-11(3)12-7-5-4-6-8-12/h4-11H,14H2,1-3H3. The van der Waals surface area contributed by atoms with Crippen LogP contribution in [0.1, 0.15) is 32.4 Å². The van der Waals surface area contributed by atoms with Gasteiger partial charge in [-0.2, -0.15) is 0 Å². The molecular weight excluding hydrogens is 202 g/mol.